The highest BCUT2D eigenvalue weighted by Crippen LogP contribution is 2.44. The van der Waals surface area contributed by atoms with Gasteiger partial charge in [0, 0.05) is 5.92 Å². The lowest BCUT2D eigenvalue weighted by molar-refractivity contribution is -0.137. The Hall–Kier alpha value is -3.88. The van der Waals surface area contributed by atoms with Crippen molar-refractivity contribution in [1.82, 2.24) is 16.0 Å². The van der Waals surface area contributed by atoms with Crippen LogP contribution in [0.25, 0.3) is 11.1 Å². The van der Waals surface area contributed by atoms with Gasteiger partial charge in [0.15, 0.2) is 0 Å². The number of carboxylic acid groups (broad SMARTS) is 1. The number of carbonyl (C=O) groups excluding carboxylic acids is 3. The number of alkyl carbamates (subject to hydrolysis) is 1. The number of carboxylic acids is 1. The van der Waals surface area contributed by atoms with Crippen LogP contribution >= 0.6 is 0 Å². The van der Waals surface area contributed by atoms with E-state index in [4.69, 9.17) is 9.84 Å². The van der Waals surface area contributed by atoms with Gasteiger partial charge >= 0.3 is 12.1 Å². The normalized spacial score (nSPS) is 13.7. The highest BCUT2D eigenvalue weighted by molar-refractivity contribution is 5.93. The van der Waals surface area contributed by atoms with Gasteiger partial charge in [0.05, 0.1) is 6.54 Å². The number of carbonyl (C=O) groups is 4. The maximum Gasteiger partial charge on any atom is 0.408 e. The number of fused-ring (bicyclic) bond motifs is 3. The Labute approximate surface area is 197 Å². The second-order valence-corrected chi connectivity index (χ2v) is 8.39. The van der Waals surface area contributed by atoms with Crippen LogP contribution in [0.2, 0.25) is 0 Å². The molecule has 2 aromatic rings. The molecule has 0 spiro atoms. The van der Waals surface area contributed by atoms with Gasteiger partial charge in [-0.25, -0.2) is 4.79 Å². The predicted octanol–water partition coefficient (Wildman–Crippen LogP) is 2.40. The molecule has 0 aromatic heterocycles. The van der Waals surface area contributed by atoms with E-state index in [1.807, 2.05) is 55.5 Å². The first-order valence-corrected chi connectivity index (χ1v) is 11.1. The average Bonchev–Trinajstić information content (AvgIpc) is 3.13. The summed E-state index contributed by atoms with van der Waals surface area (Å²) in [6.07, 6.45) is 0.182. The van der Waals surface area contributed by atoms with Crippen LogP contribution in [-0.4, -0.2) is 54.2 Å². The van der Waals surface area contributed by atoms with Gasteiger partial charge in [-0.05, 0) is 35.6 Å². The van der Waals surface area contributed by atoms with Crippen molar-refractivity contribution < 1.29 is 29.0 Å². The standard InChI is InChI=1S/C25H29N3O6/c1-3-12-25(2,23(32)27-13-21(29)26-14-22(30)31)28-24(33)34-15-20-18-10-6-4-8-16(18)17-9-5-7-11-19(17)20/h4-11,20H,3,12-15H2,1-2H3,(H,26,29)(H,27,32)(H,28,33)(H,30,31). The highest BCUT2D eigenvalue weighted by Gasteiger charge is 2.35. The van der Waals surface area contributed by atoms with E-state index in [0.717, 1.165) is 22.3 Å². The molecule has 0 radical (unpaired) electrons. The zero-order valence-electron chi connectivity index (χ0n) is 19.2. The van der Waals surface area contributed by atoms with Gasteiger partial charge in [0.1, 0.15) is 18.7 Å². The molecule has 1 atom stereocenters. The molecule has 0 saturated carbocycles. The zero-order valence-corrected chi connectivity index (χ0v) is 19.2. The molecule has 0 saturated heterocycles. The summed E-state index contributed by atoms with van der Waals surface area (Å²) >= 11 is 0. The second kappa shape index (κ2) is 10.8. The van der Waals surface area contributed by atoms with Crippen molar-refractivity contribution in [2.24, 2.45) is 0 Å². The number of nitrogens with one attached hydrogen (secondary N) is 3. The lowest BCUT2D eigenvalue weighted by Crippen LogP contribution is -2.58. The average molecular weight is 468 g/mol. The summed E-state index contributed by atoms with van der Waals surface area (Å²) < 4.78 is 5.55. The van der Waals surface area contributed by atoms with Crippen molar-refractivity contribution in [2.45, 2.75) is 38.1 Å². The second-order valence-electron chi connectivity index (χ2n) is 8.39. The number of aliphatic carboxylic acids is 1. The van der Waals surface area contributed by atoms with Crippen LogP contribution in [0.4, 0.5) is 4.79 Å². The molecule has 2 aromatic carbocycles. The van der Waals surface area contributed by atoms with Crippen molar-refractivity contribution >= 4 is 23.9 Å². The maximum atomic E-state index is 12.7. The number of amides is 3. The van der Waals surface area contributed by atoms with Gasteiger partial charge < -0.3 is 25.8 Å². The van der Waals surface area contributed by atoms with Crippen molar-refractivity contribution in [2.75, 3.05) is 19.7 Å². The number of hydrogen-bond acceptors (Lipinski definition) is 5. The van der Waals surface area contributed by atoms with Gasteiger partial charge in [-0.3, -0.25) is 14.4 Å². The van der Waals surface area contributed by atoms with Gasteiger partial charge in [0.25, 0.3) is 0 Å². The van der Waals surface area contributed by atoms with Crippen LogP contribution in [0.1, 0.15) is 43.7 Å². The van der Waals surface area contributed by atoms with Crippen LogP contribution in [0.15, 0.2) is 48.5 Å². The summed E-state index contributed by atoms with van der Waals surface area (Å²) in [7, 11) is 0. The molecule has 1 aliphatic rings. The largest absolute Gasteiger partial charge is 0.480 e. The molecule has 1 aliphatic carbocycles. The summed E-state index contributed by atoms with van der Waals surface area (Å²) in [5, 5.41) is 15.9. The van der Waals surface area contributed by atoms with Gasteiger partial charge in [-0.2, -0.15) is 0 Å². The first-order valence-electron chi connectivity index (χ1n) is 11.1. The minimum Gasteiger partial charge on any atom is -0.480 e. The molecular formula is C25H29N3O6. The third kappa shape index (κ3) is 5.72. The third-order valence-electron chi connectivity index (χ3n) is 5.82. The summed E-state index contributed by atoms with van der Waals surface area (Å²) in [6, 6.07) is 16.0. The Balaban J connectivity index is 1.61. The van der Waals surface area contributed by atoms with Gasteiger partial charge in [-0.15, -0.1) is 0 Å². The van der Waals surface area contributed by atoms with Gasteiger partial charge in [-0.1, -0.05) is 61.9 Å². The van der Waals surface area contributed by atoms with Crippen molar-refractivity contribution in [3.8, 4) is 11.1 Å². The minimum absolute atomic E-state index is 0.109. The van der Waals surface area contributed by atoms with E-state index in [0.29, 0.717) is 12.8 Å². The molecule has 3 rings (SSSR count). The molecule has 4 N–H and O–H groups in total. The molecule has 9 nitrogen and oxygen atoms in total. The summed E-state index contributed by atoms with van der Waals surface area (Å²) in [5.74, 6) is -2.50. The summed E-state index contributed by atoms with van der Waals surface area (Å²) in [4.78, 5) is 47.7. The zero-order chi connectivity index (χ0) is 24.7. The fraction of sp³-hybridized carbons (Fsp3) is 0.360. The molecule has 9 heteroatoms. The van der Waals surface area contributed by atoms with Crippen molar-refractivity contribution in [3.63, 3.8) is 0 Å². The van der Waals surface area contributed by atoms with E-state index in [2.05, 4.69) is 16.0 Å². The molecule has 34 heavy (non-hydrogen) atoms. The predicted molar refractivity (Wildman–Crippen MR) is 125 cm³/mol. The van der Waals surface area contributed by atoms with Crippen LogP contribution in [0.3, 0.4) is 0 Å². The Bertz CT molecular complexity index is 1040. The Morgan fingerprint density at radius 3 is 2.09 bits per heavy atom. The van der Waals surface area contributed by atoms with Crippen LogP contribution in [0, 0.1) is 0 Å². The van der Waals surface area contributed by atoms with E-state index in [1.54, 1.807) is 6.92 Å². The third-order valence-corrected chi connectivity index (χ3v) is 5.82. The monoisotopic (exact) mass is 467 g/mol. The first kappa shape index (κ1) is 24.8. The lowest BCUT2D eigenvalue weighted by Gasteiger charge is -2.29. The topological polar surface area (TPSA) is 134 Å². The summed E-state index contributed by atoms with van der Waals surface area (Å²) in [5.41, 5.74) is 3.09. The van der Waals surface area contributed by atoms with Crippen LogP contribution in [-0.2, 0) is 19.1 Å². The first-order chi connectivity index (χ1) is 16.2. The summed E-state index contributed by atoms with van der Waals surface area (Å²) in [6.45, 7) is 2.59. The lowest BCUT2D eigenvalue weighted by atomic mass is 9.95. The Morgan fingerprint density at radius 1 is 0.941 bits per heavy atom. The molecule has 0 heterocycles. The molecule has 180 valence electrons. The molecule has 3 amide bonds. The molecular weight excluding hydrogens is 438 g/mol. The fourth-order valence-corrected chi connectivity index (χ4v) is 4.18. The minimum atomic E-state index is -1.30. The number of hydrogen-bond donors (Lipinski definition) is 4. The van der Waals surface area contributed by atoms with E-state index in [-0.39, 0.29) is 12.5 Å². The number of benzene rings is 2. The van der Waals surface area contributed by atoms with Crippen LogP contribution in [0.5, 0.6) is 0 Å². The van der Waals surface area contributed by atoms with Crippen LogP contribution < -0.4 is 16.0 Å². The molecule has 1 unspecified atom stereocenters. The fourth-order valence-electron chi connectivity index (χ4n) is 4.18. The molecule has 0 fully saturated rings. The number of rotatable bonds is 10. The van der Waals surface area contributed by atoms with E-state index < -0.39 is 42.5 Å². The van der Waals surface area contributed by atoms with Crippen molar-refractivity contribution in [3.05, 3.63) is 59.7 Å². The smallest absolute Gasteiger partial charge is 0.408 e. The Kier molecular flexibility index (Phi) is 7.88. The van der Waals surface area contributed by atoms with Crippen molar-refractivity contribution in [1.29, 1.82) is 0 Å². The maximum absolute atomic E-state index is 12.7. The van der Waals surface area contributed by atoms with Gasteiger partial charge in [0.2, 0.25) is 11.8 Å². The number of ether oxygens (including phenoxy) is 1. The molecule has 0 aliphatic heterocycles. The van der Waals surface area contributed by atoms with E-state index >= 15 is 0 Å². The SMILES string of the molecule is CCCC(C)(NC(=O)OCC1c2ccccc2-c2ccccc21)C(=O)NCC(=O)NCC(=O)O. The molecule has 0 bridgehead atoms. The van der Waals surface area contributed by atoms with E-state index in [9.17, 15) is 19.2 Å². The van der Waals surface area contributed by atoms with E-state index in [1.165, 1.54) is 0 Å². The Morgan fingerprint density at radius 2 is 1.53 bits per heavy atom. The quantitative estimate of drug-likeness (QED) is 0.424. The highest BCUT2D eigenvalue weighted by atomic mass is 16.5.